The SMILES string of the molecule is CC(C)c1nc(Cn2cc(CCCCC(=O)O)nn2)no1. The van der Waals surface area contributed by atoms with E-state index in [1.165, 1.54) is 0 Å². The van der Waals surface area contributed by atoms with Crippen LogP contribution in [0.1, 0.15) is 56.4 Å². The van der Waals surface area contributed by atoms with E-state index < -0.39 is 5.97 Å². The van der Waals surface area contributed by atoms with Crippen LogP contribution in [0.25, 0.3) is 0 Å². The highest BCUT2D eigenvalue weighted by atomic mass is 16.5. The quantitative estimate of drug-likeness (QED) is 0.737. The van der Waals surface area contributed by atoms with Crippen molar-refractivity contribution in [3.63, 3.8) is 0 Å². The first-order valence-corrected chi connectivity index (χ1v) is 6.98. The van der Waals surface area contributed by atoms with E-state index in [0.29, 0.717) is 24.7 Å². The molecule has 0 aliphatic heterocycles. The third kappa shape index (κ3) is 4.66. The van der Waals surface area contributed by atoms with Crippen LogP contribution in [0.3, 0.4) is 0 Å². The van der Waals surface area contributed by atoms with Crippen molar-refractivity contribution in [3.8, 4) is 0 Å². The lowest BCUT2D eigenvalue weighted by molar-refractivity contribution is -0.137. The molecular weight excluding hydrogens is 274 g/mol. The van der Waals surface area contributed by atoms with Crippen LogP contribution in [0.5, 0.6) is 0 Å². The summed E-state index contributed by atoms with van der Waals surface area (Å²) in [5.74, 6) is 0.614. The van der Waals surface area contributed by atoms with Crippen molar-refractivity contribution in [2.24, 2.45) is 0 Å². The molecule has 0 aliphatic carbocycles. The van der Waals surface area contributed by atoms with Gasteiger partial charge >= 0.3 is 5.97 Å². The van der Waals surface area contributed by atoms with E-state index in [2.05, 4.69) is 20.5 Å². The Hall–Kier alpha value is -2.25. The van der Waals surface area contributed by atoms with Crippen molar-refractivity contribution in [1.29, 1.82) is 0 Å². The van der Waals surface area contributed by atoms with Crippen molar-refractivity contribution < 1.29 is 14.4 Å². The van der Waals surface area contributed by atoms with Crippen molar-refractivity contribution in [3.05, 3.63) is 23.6 Å². The van der Waals surface area contributed by atoms with Crippen molar-refractivity contribution in [1.82, 2.24) is 25.1 Å². The highest BCUT2D eigenvalue weighted by Crippen LogP contribution is 2.11. The number of carboxylic acid groups (broad SMARTS) is 1. The Bertz CT molecular complexity index is 590. The molecule has 2 heterocycles. The molecule has 0 saturated heterocycles. The van der Waals surface area contributed by atoms with E-state index in [0.717, 1.165) is 18.5 Å². The Kier molecular flexibility index (Phi) is 5.02. The number of carbonyl (C=O) groups is 1. The van der Waals surface area contributed by atoms with Crippen molar-refractivity contribution >= 4 is 5.97 Å². The largest absolute Gasteiger partial charge is 0.481 e. The zero-order chi connectivity index (χ0) is 15.2. The van der Waals surface area contributed by atoms with Gasteiger partial charge in [-0.3, -0.25) is 4.79 Å². The van der Waals surface area contributed by atoms with Gasteiger partial charge in [-0.05, 0) is 19.3 Å². The molecule has 2 aromatic rings. The Morgan fingerprint density at radius 2 is 2.24 bits per heavy atom. The fourth-order valence-corrected chi connectivity index (χ4v) is 1.82. The first kappa shape index (κ1) is 15.1. The second kappa shape index (κ2) is 6.96. The second-order valence-electron chi connectivity index (χ2n) is 5.21. The standard InChI is InChI=1S/C13H19N5O3/c1-9(2)13-14-11(16-21-13)8-18-7-10(15-17-18)5-3-4-6-12(19)20/h7,9H,3-6,8H2,1-2H3,(H,19,20). The third-order valence-corrected chi connectivity index (χ3v) is 2.94. The highest BCUT2D eigenvalue weighted by molar-refractivity contribution is 5.66. The number of nitrogens with zero attached hydrogens (tertiary/aromatic N) is 5. The molecule has 0 unspecified atom stereocenters. The lowest BCUT2D eigenvalue weighted by Crippen LogP contribution is -2.02. The van der Waals surface area contributed by atoms with Gasteiger partial charge in [0.2, 0.25) is 5.89 Å². The number of aryl methyl sites for hydroxylation is 1. The minimum absolute atomic E-state index is 0.189. The minimum Gasteiger partial charge on any atom is -0.481 e. The van der Waals surface area contributed by atoms with Crippen LogP contribution in [-0.2, 0) is 17.8 Å². The molecule has 0 atom stereocenters. The molecule has 114 valence electrons. The molecule has 8 heteroatoms. The molecule has 0 saturated carbocycles. The van der Waals surface area contributed by atoms with Crippen molar-refractivity contribution in [2.45, 2.75) is 52.0 Å². The summed E-state index contributed by atoms with van der Waals surface area (Å²) >= 11 is 0. The van der Waals surface area contributed by atoms with Gasteiger partial charge in [0, 0.05) is 18.5 Å². The zero-order valence-corrected chi connectivity index (χ0v) is 12.2. The Balaban J connectivity index is 1.83. The van der Waals surface area contributed by atoms with E-state index >= 15 is 0 Å². The molecule has 0 spiro atoms. The molecule has 21 heavy (non-hydrogen) atoms. The van der Waals surface area contributed by atoms with E-state index in [1.807, 2.05) is 20.0 Å². The monoisotopic (exact) mass is 293 g/mol. The number of rotatable bonds is 8. The number of hydrogen-bond donors (Lipinski definition) is 1. The normalized spacial score (nSPS) is 11.2. The highest BCUT2D eigenvalue weighted by Gasteiger charge is 2.11. The van der Waals surface area contributed by atoms with Crippen LogP contribution in [0.2, 0.25) is 0 Å². The van der Waals surface area contributed by atoms with Gasteiger partial charge < -0.3 is 9.63 Å². The van der Waals surface area contributed by atoms with Gasteiger partial charge in [-0.25, -0.2) is 4.68 Å². The van der Waals surface area contributed by atoms with Gasteiger partial charge in [0.15, 0.2) is 5.82 Å². The van der Waals surface area contributed by atoms with Crippen LogP contribution >= 0.6 is 0 Å². The molecule has 2 rings (SSSR count). The molecule has 1 N–H and O–H groups in total. The number of hydrogen-bond acceptors (Lipinski definition) is 6. The van der Waals surface area contributed by atoms with Crippen LogP contribution in [0.15, 0.2) is 10.7 Å². The summed E-state index contributed by atoms with van der Waals surface area (Å²) in [5, 5.41) is 20.5. The lowest BCUT2D eigenvalue weighted by Gasteiger charge is -1.95. The van der Waals surface area contributed by atoms with E-state index in [1.54, 1.807) is 4.68 Å². The third-order valence-electron chi connectivity index (χ3n) is 2.94. The average molecular weight is 293 g/mol. The average Bonchev–Trinajstić information content (AvgIpc) is 3.04. The van der Waals surface area contributed by atoms with Gasteiger partial charge in [0.1, 0.15) is 6.54 Å². The smallest absolute Gasteiger partial charge is 0.303 e. The zero-order valence-electron chi connectivity index (χ0n) is 12.2. The number of unbranched alkanes of at least 4 members (excludes halogenated alkanes) is 1. The summed E-state index contributed by atoms with van der Waals surface area (Å²) in [6, 6.07) is 0. The first-order valence-electron chi connectivity index (χ1n) is 6.98. The Morgan fingerprint density at radius 3 is 2.90 bits per heavy atom. The van der Waals surface area contributed by atoms with Crippen LogP contribution in [0.4, 0.5) is 0 Å². The van der Waals surface area contributed by atoms with Gasteiger partial charge in [-0.1, -0.05) is 24.2 Å². The van der Waals surface area contributed by atoms with Crippen LogP contribution in [-0.4, -0.2) is 36.2 Å². The summed E-state index contributed by atoms with van der Waals surface area (Å²) in [6.07, 6.45) is 4.16. The van der Waals surface area contributed by atoms with Crippen LogP contribution in [0, 0.1) is 0 Å². The van der Waals surface area contributed by atoms with Gasteiger partial charge in [-0.15, -0.1) is 5.10 Å². The van der Waals surface area contributed by atoms with Crippen molar-refractivity contribution in [2.75, 3.05) is 0 Å². The molecule has 8 nitrogen and oxygen atoms in total. The van der Waals surface area contributed by atoms with E-state index in [9.17, 15) is 4.79 Å². The number of carboxylic acids is 1. The minimum atomic E-state index is -0.767. The molecule has 0 radical (unpaired) electrons. The van der Waals surface area contributed by atoms with Gasteiger partial charge in [-0.2, -0.15) is 4.98 Å². The summed E-state index contributed by atoms with van der Waals surface area (Å²) in [7, 11) is 0. The predicted molar refractivity (Wildman–Crippen MR) is 72.7 cm³/mol. The Labute approximate surface area is 122 Å². The first-order chi connectivity index (χ1) is 10.0. The fraction of sp³-hybridized carbons (Fsp3) is 0.615. The maximum absolute atomic E-state index is 10.4. The second-order valence-corrected chi connectivity index (χ2v) is 5.21. The van der Waals surface area contributed by atoms with Crippen LogP contribution < -0.4 is 0 Å². The molecule has 0 bridgehead atoms. The maximum Gasteiger partial charge on any atom is 0.303 e. The Morgan fingerprint density at radius 1 is 1.43 bits per heavy atom. The molecule has 0 amide bonds. The lowest BCUT2D eigenvalue weighted by atomic mass is 10.1. The molecule has 0 aliphatic rings. The number of aromatic nitrogens is 5. The predicted octanol–water partition coefficient (Wildman–Crippen LogP) is 1.63. The summed E-state index contributed by atoms with van der Waals surface area (Å²) in [5.41, 5.74) is 0.841. The van der Waals surface area contributed by atoms with Gasteiger partial charge in [0.05, 0.1) is 5.69 Å². The topological polar surface area (TPSA) is 107 Å². The maximum atomic E-state index is 10.4. The molecule has 0 aromatic carbocycles. The summed E-state index contributed by atoms with van der Waals surface area (Å²) in [6.45, 7) is 4.39. The summed E-state index contributed by atoms with van der Waals surface area (Å²) in [4.78, 5) is 14.7. The molecule has 0 fully saturated rings. The van der Waals surface area contributed by atoms with E-state index in [-0.39, 0.29) is 12.3 Å². The molecule has 2 aromatic heterocycles. The summed E-state index contributed by atoms with van der Waals surface area (Å²) < 4.78 is 6.78. The molecular formula is C13H19N5O3. The fourth-order valence-electron chi connectivity index (χ4n) is 1.82. The van der Waals surface area contributed by atoms with E-state index in [4.69, 9.17) is 9.63 Å². The van der Waals surface area contributed by atoms with Gasteiger partial charge in [0.25, 0.3) is 0 Å². The number of aliphatic carboxylic acids is 1.